The summed E-state index contributed by atoms with van der Waals surface area (Å²) in [6, 6.07) is 6.92. The van der Waals surface area contributed by atoms with E-state index in [4.69, 9.17) is 4.74 Å². The number of benzene rings is 1. The minimum atomic E-state index is 0.384. The summed E-state index contributed by atoms with van der Waals surface area (Å²) in [4.78, 5) is 0. The van der Waals surface area contributed by atoms with E-state index in [0.717, 1.165) is 22.7 Å². The van der Waals surface area contributed by atoms with Crippen molar-refractivity contribution in [1.82, 2.24) is 5.32 Å². The molecule has 0 heterocycles. The summed E-state index contributed by atoms with van der Waals surface area (Å²) in [6.07, 6.45) is 5.40. The molecule has 1 saturated carbocycles. The first-order valence-corrected chi connectivity index (χ1v) is 8.52. The highest BCUT2D eigenvalue weighted by molar-refractivity contribution is 9.10. The number of rotatable bonds is 5. The van der Waals surface area contributed by atoms with Gasteiger partial charge in [0.15, 0.2) is 0 Å². The summed E-state index contributed by atoms with van der Waals surface area (Å²) in [7, 11) is 0. The van der Waals surface area contributed by atoms with Crippen LogP contribution in [0.2, 0.25) is 0 Å². The molecule has 2 atom stereocenters. The zero-order valence-corrected chi connectivity index (χ0v) is 14.4. The molecular formula is C17H26BrNO. The fourth-order valence-electron chi connectivity index (χ4n) is 2.74. The average Bonchev–Trinajstić information content (AvgIpc) is 2.39. The monoisotopic (exact) mass is 339 g/mol. The van der Waals surface area contributed by atoms with E-state index in [1.54, 1.807) is 0 Å². The lowest BCUT2D eigenvalue weighted by Gasteiger charge is -2.27. The molecule has 1 aromatic carbocycles. The smallest absolute Gasteiger partial charge is 0.133 e. The van der Waals surface area contributed by atoms with Gasteiger partial charge in [0.25, 0.3) is 0 Å². The summed E-state index contributed by atoms with van der Waals surface area (Å²) >= 11 is 3.64. The highest BCUT2D eigenvalue weighted by atomic mass is 79.9. The van der Waals surface area contributed by atoms with Crippen LogP contribution in [0.15, 0.2) is 22.7 Å². The van der Waals surface area contributed by atoms with Crippen LogP contribution < -0.4 is 10.1 Å². The van der Waals surface area contributed by atoms with Gasteiger partial charge in [0.1, 0.15) is 5.75 Å². The van der Waals surface area contributed by atoms with Crippen molar-refractivity contribution >= 4 is 15.9 Å². The Hall–Kier alpha value is -0.540. The number of hydrogen-bond donors (Lipinski definition) is 1. The quantitative estimate of drug-likeness (QED) is 0.823. The third-order valence-corrected chi connectivity index (χ3v) is 4.51. The van der Waals surface area contributed by atoms with E-state index in [9.17, 15) is 0 Å². The predicted octanol–water partition coefficient (Wildman–Crippen LogP) is 4.90. The standard InChI is InChI=1S/C17H26BrNO/c1-12(2)19-11-14-7-8-17(16(18)10-14)20-15-6-4-5-13(3)9-15/h7-8,10,12-13,15,19H,4-6,9,11H2,1-3H3. The Balaban J connectivity index is 1.95. The summed E-state index contributed by atoms with van der Waals surface area (Å²) in [5.74, 6) is 1.78. The lowest BCUT2D eigenvalue weighted by atomic mass is 9.89. The Morgan fingerprint density at radius 2 is 2.15 bits per heavy atom. The van der Waals surface area contributed by atoms with Crippen LogP contribution >= 0.6 is 15.9 Å². The van der Waals surface area contributed by atoms with Crippen molar-refractivity contribution in [2.75, 3.05) is 0 Å². The average molecular weight is 340 g/mol. The van der Waals surface area contributed by atoms with Gasteiger partial charge in [0.05, 0.1) is 10.6 Å². The predicted molar refractivity (Wildman–Crippen MR) is 88.2 cm³/mol. The lowest BCUT2D eigenvalue weighted by molar-refractivity contribution is 0.128. The first kappa shape index (κ1) is 15.8. The highest BCUT2D eigenvalue weighted by Gasteiger charge is 2.20. The van der Waals surface area contributed by atoms with Crippen LogP contribution in [0, 0.1) is 5.92 Å². The van der Waals surface area contributed by atoms with Gasteiger partial charge in [-0.05, 0) is 58.8 Å². The maximum atomic E-state index is 6.17. The summed E-state index contributed by atoms with van der Waals surface area (Å²) in [5, 5.41) is 3.43. The van der Waals surface area contributed by atoms with Gasteiger partial charge in [-0.1, -0.05) is 33.3 Å². The lowest BCUT2D eigenvalue weighted by Crippen LogP contribution is -2.24. The molecule has 1 aliphatic rings. The van der Waals surface area contributed by atoms with Crippen LogP contribution in [-0.4, -0.2) is 12.1 Å². The minimum absolute atomic E-state index is 0.384. The van der Waals surface area contributed by atoms with Crippen LogP contribution in [0.3, 0.4) is 0 Å². The Morgan fingerprint density at radius 1 is 1.35 bits per heavy atom. The van der Waals surface area contributed by atoms with Gasteiger partial charge in [-0.3, -0.25) is 0 Å². The normalized spacial score (nSPS) is 23.1. The van der Waals surface area contributed by atoms with E-state index in [2.05, 4.69) is 60.2 Å². The number of ether oxygens (including phenoxy) is 1. The molecule has 0 aromatic heterocycles. The number of nitrogens with one attached hydrogen (secondary N) is 1. The molecule has 1 fully saturated rings. The van der Waals surface area contributed by atoms with Crippen molar-refractivity contribution in [3.63, 3.8) is 0 Å². The summed E-state index contributed by atoms with van der Waals surface area (Å²) in [5.41, 5.74) is 1.29. The van der Waals surface area contributed by atoms with Crippen LogP contribution in [0.25, 0.3) is 0 Å². The molecule has 1 aliphatic carbocycles. The summed E-state index contributed by atoms with van der Waals surface area (Å²) in [6.45, 7) is 7.55. The van der Waals surface area contributed by atoms with Crippen LogP contribution in [0.4, 0.5) is 0 Å². The molecule has 1 aromatic rings. The van der Waals surface area contributed by atoms with E-state index in [0.29, 0.717) is 12.1 Å². The van der Waals surface area contributed by atoms with Gasteiger partial charge in [-0.25, -0.2) is 0 Å². The third kappa shape index (κ3) is 4.78. The molecule has 2 rings (SSSR count). The fourth-order valence-corrected chi connectivity index (χ4v) is 3.26. The Morgan fingerprint density at radius 3 is 2.80 bits per heavy atom. The van der Waals surface area contributed by atoms with Crippen molar-refractivity contribution in [2.24, 2.45) is 5.92 Å². The molecule has 0 aliphatic heterocycles. The van der Waals surface area contributed by atoms with Crippen molar-refractivity contribution in [2.45, 2.75) is 65.1 Å². The molecule has 0 bridgehead atoms. The zero-order chi connectivity index (χ0) is 14.5. The SMILES string of the molecule is CC1CCCC(Oc2ccc(CNC(C)C)cc2Br)C1. The van der Waals surface area contributed by atoms with Crippen molar-refractivity contribution in [1.29, 1.82) is 0 Å². The van der Waals surface area contributed by atoms with Crippen LogP contribution in [0.5, 0.6) is 5.75 Å². The molecule has 0 spiro atoms. The number of halogens is 1. The topological polar surface area (TPSA) is 21.3 Å². The molecule has 0 saturated heterocycles. The first-order chi connectivity index (χ1) is 9.54. The highest BCUT2D eigenvalue weighted by Crippen LogP contribution is 2.31. The van der Waals surface area contributed by atoms with Crippen molar-refractivity contribution in [3.05, 3.63) is 28.2 Å². The minimum Gasteiger partial charge on any atom is -0.489 e. The van der Waals surface area contributed by atoms with Gasteiger partial charge in [-0.2, -0.15) is 0 Å². The number of hydrogen-bond acceptors (Lipinski definition) is 2. The van der Waals surface area contributed by atoms with Gasteiger partial charge >= 0.3 is 0 Å². The molecule has 3 heteroatoms. The molecule has 0 amide bonds. The van der Waals surface area contributed by atoms with Gasteiger partial charge in [0, 0.05) is 12.6 Å². The maximum Gasteiger partial charge on any atom is 0.133 e. The Kier molecular flexibility index (Phi) is 5.91. The second-order valence-electron chi connectivity index (χ2n) is 6.31. The van der Waals surface area contributed by atoms with Crippen LogP contribution in [0.1, 0.15) is 52.0 Å². The first-order valence-electron chi connectivity index (χ1n) is 7.73. The molecule has 20 heavy (non-hydrogen) atoms. The van der Waals surface area contributed by atoms with E-state index >= 15 is 0 Å². The molecule has 112 valence electrons. The second kappa shape index (κ2) is 7.46. The molecule has 1 N–H and O–H groups in total. The van der Waals surface area contributed by atoms with Gasteiger partial charge < -0.3 is 10.1 Å². The van der Waals surface area contributed by atoms with E-state index in [1.165, 1.54) is 31.2 Å². The third-order valence-electron chi connectivity index (χ3n) is 3.89. The Bertz CT molecular complexity index is 433. The van der Waals surface area contributed by atoms with E-state index in [-0.39, 0.29) is 0 Å². The van der Waals surface area contributed by atoms with E-state index in [1.807, 2.05) is 0 Å². The van der Waals surface area contributed by atoms with Crippen molar-refractivity contribution in [3.8, 4) is 5.75 Å². The molecule has 0 radical (unpaired) electrons. The van der Waals surface area contributed by atoms with Crippen LogP contribution in [-0.2, 0) is 6.54 Å². The second-order valence-corrected chi connectivity index (χ2v) is 7.17. The largest absolute Gasteiger partial charge is 0.489 e. The summed E-state index contributed by atoms with van der Waals surface area (Å²) < 4.78 is 7.24. The molecule has 2 unspecified atom stereocenters. The van der Waals surface area contributed by atoms with Crippen molar-refractivity contribution < 1.29 is 4.74 Å². The molecular weight excluding hydrogens is 314 g/mol. The fraction of sp³-hybridized carbons (Fsp3) is 0.647. The molecule has 2 nitrogen and oxygen atoms in total. The zero-order valence-electron chi connectivity index (χ0n) is 12.8. The van der Waals surface area contributed by atoms with Gasteiger partial charge in [-0.15, -0.1) is 0 Å². The maximum absolute atomic E-state index is 6.17. The Labute approximate surface area is 131 Å². The van der Waals surface area contributed by atoms with Gasteiger partial charge in [0.2, 0.25) is 0 Å². The van der Waals surface area contributed by atoms with E-state index < -0.39 is 0 Å².